The van der Waals surface area contributed by atoms with Crippen LogP contribution in [0.2, 0.25) is 0 Å². The molecule has 0 radical (unpaired) electrons. The van der Waals surface area contributed by atoms with Gasteiger partial charge in [-0.2, -0.15) is 0 Å². The SMILES string of the molecule is CCC(CN)S(=O)(=O)Nc1cc(OC)c(OC)c(OC)c1. The van der Waals surface area contributed by atoms with E-state index in [1.807, 2.05) is 0 Å². The topological polar surface area (TPSA) is 99.9 Å². The second-order valence-electron chi connectivity index (χ2n) is 4.33. The van der Waals surface area contributed by atoms with E-state index >= 15 is 0 Å². The van der Waals surface area contributed by atoms with Crippen molar-refractivity contribution in [3.8, 4) is 17.2 Å². The average Bonchev–Trinajstić information content (AvgIpc) is 2.46. The Bertz CT molecular complexity index is 545. The molecule has 0 saturated heterocycles. The van der Waals surface area contributed by atoms with Crippen molar-refractivity contribution in [3.63, 3.8) is 0 Å². The van der Waals surface area contributed by atoms with Crippen molar-refractivity contribution < 1.29 is 22.6 Å². The number of benzene rings is 1. The van der Waals surface area contributed by atoms with Crippen LogP contribution in [0.25, 0.3) is 0 Å². The van der Waals surface area contributed by atoms with E-state index in [1.54, 1.807) is 6.92 Å². The van der Waals surface area contributed by atoms with Crippen LogP contribution in [0, 0.1) is 0 Å². The van der Waals surface area contributed by atoms with Crippen LogP contribution in [-0.4, -0.2) is 41.5 Å². The van der Waals surface area contributed by atoms with E-state index in [2.05, 4.69) is 4.72 Å². The van der Waals surface area contributed by atoms with Crippen molar-refractivity contribution in [1.29, 1.82) is 0 Å². The zero-order valence-electron chi connectivity index (χ0n) is 12.7. The highest BCUT2D eigenvalue weighted by Gasteiger charge is 2.23. The number of methoxy groups -OCH3 is 3. The van der Waals surface area contributed by atoms with E-state index in [-0.39, 0.29) is 6.54 Å². The molecule has 0 saturated carbocycles. The summed E-state index contributed by atoms with van der Waals surface area (Å²) in [5.74, 6) is 1.14. The van der Waals surface area contributed by atoms with Crippen LogP contribution < -0.4 is 24.7 Å². The monoisotopic (exact) mass is 318 g/mol. The first-order valence-corrected chi connectivity index (χ1v) is 7.99. The quantitative estimate of drug-likeness (QED) is 0.747. The Morgan fingerprint density at radius 1 is 1.14 bits per heavy atom. The Morgan fingerprint density at radius 3 is 2.00 bits per heavy atom. The van der Waals surface area contributed by atoms with Crippen LogP contribution >= 0.6 is 0 Å². The molecule has 1 rings (SSSR count). The number of hydrogen-bond acceptors (Lipinski definition) is 6. The molecule has 7 nitrogen and oxygen atoms in total. The number of anilines is 1. The molecule has 0 aliphatic heterocycles. The molecule has 8 heteroatoms. The van der Waals surface area contributed by atoms with Crippen molar-refractivity contribution in [3.05, 3.63) is 12.1 Å². The molecule has 0 aliphatic rings. The molecule has 0 aromatic heterocycles. The van der Waals surface area contributed by atoms with Crippen molar-refractivity contribution in [2.45, 2.75) is 18.6 Å². The molecular weight excluding hydrogens is 296 g/mol. The standard InChI is InChI=1S/C13H22N2O5S/c1-5-10(8-14)21(16,17)15-9-6-11(18-2)13(20-4)12(7-9)19-3/h6-7,10,15H,5,8,14H2,1-4H3. The molecule has 3 N–H and O–H groups in total. The van der Waals surface area contributed by atoms with Gasteiger partial charge in [-0.15, -0.1) is 0 Å². The number of rotatable bonds is 8. The van der Waals surface area contributed by atoms with Crippen LogP contribution in [0.4, 0.5) is 5.69 Å². The van der Waals surface area contributed by atoms with E-state index in [0.29, 0.717) is 29.4 Å². The number of ether oxygens (including phenoxy) is 3. The second kappa shape index (κ2) is 7.37. The first-order chi connectivity index (χ1) is 9.93. The maximum Gasteiger partial charge on any atom is 0.236 e. The van der Waals surface area contributed by atoms with Gasteiger partial charge in [-0.3, -0.25) is 4.72 Å². The Morgan fingerprint density at radius 2 is 1.67 bits per heavy atom. The predicted molar refractivity (Wildman–Crippen MR) is 81.8 cm³/mol. The van der Waals surface area contributed by atoms with Crippen LogP contribution in [-0.2, 0) is 10.0 Å². The summed E-state index contributed by atoms with van der Waals surface area (Å²) in [5.41, 5.74) is 5.82. The smallest absolute Gasteiger partial charge is 0.236 e. The summed E-state index contributed by atoms with van der Waals surface area (Å²) in [6.45, 7) is 1.82. The van der Waals surface area contributed by atoms with Crippen molar-refractivity contribution in [1.82, 2.24) is 0 Å². The van der Waals surface area contributed by atoms with E-state index in [9.17, 15) is 8.42 Å². The van der Waals surface area contributed by atoms with Gasteiger partial charge in [0.2, 0.25) is 15.8 Å². The van der Waals surface area contributed by atoms with Gasteiger partial charge < -0.3 is 19.9 Å². The summed E-state index contributed by atoms with van der Waals surface area (Å²) in [6.07, 6.45) is 0.427. The largest absolute Gasteiger partial charge is 0.493 e. The Balaban J connectivity index is 3.21. The number of sulfonamides is 1. The Hall–Kier alpha value is -1.67. The van der Waals surface area contributed by atoms with Crippen LogP contribution in [0.1, 0.15) is 13.3 Å². The van der Waals surface area contributed by atoms with E-state index < -0.39 is 15.3 Å². The number of hydrogen-bond donors (Lipinski definition) is 2. The molecule has 1 unspecified atom stereocenters. The summed E-state index contributed by atoms with van der Waals surface area (Å²) in [6, 6.07) is 3.06. The van der Waals surface area contributed by atoms with Crippen molar-refractivity contribution in [2.75, 3.05) is 32.6 Å². The fourth-order valence-electron chi connectivity index (χ4n) is 1.90. The minimum Gasteiger partial charge on any atom is -0.493 e. The van der Waals surface area contributed by atoms with Gasteiger partial charge in [-0.1, -0.05) is 6.92 Å². The molecule has 0 heterocycles. The summed E-state index contributed by atoms with van der Waals surface area (Å²) in [7, 11) is 0.831. The molecular formula is C13H22N2O5S. The van der Waals surface area contributed by atoms with Gasteiger partial charge in [0.1, 0.15) is 0 Å². The third-order valence-corrected chi connectivity index (χ3v) is 5.01. The molecule has 0 bridgehead atoms. The number of nitrogens with one attached hydrogen (secondary N) is 1. The molecule has 0 aliphatic carbocycles. The van der Waals surface area contributed by atoms with Gasteiger partial charge in [0.15, 0.2) is 11.5 Å². The molecule has 0 fully saturated rings. The Kier molecular flexibility index (Phi) is 6.10. The first-order valence-electron chi connectivity index (χ1n) is 6.45. The van der Waals surface area contributed by atoms with E-state index in [1.165, 1.54) is 33.5 Å². The molecule has 21 heavy (non-hydrogen) atoms. The predicted octanol–water partition coefficient (Wildman–Crippen LogP) is 1.19. The summed E-state index contributed by atoms with van der Waals surface area (Å²) < 4.78 is 42.5. The molecule has 0 spiro atoms. The normalized spacial score (nSPS) is 12.6. The van der Waals surface area contributed by atoms with Gasteiger partial charge in [0, 0.05) is 18.7 Å². The van der Waals surface area contributed by atoms with Crippen LogP contribution in [0.3, 0.4) is 0 Å². The lowest BCUT2D eigenvalue weighted by molar-refractivity contribution is 0.324. The van der Waals surface area contributed by atoms with Crippen LogP contribution in [0.15, 0.2) is 12.1 Å². The molecule has 1 atom stereocenters. The van der Waals surface area contributed by atoms with Gasteiger partial charge >= 0.3 is 0 Å². The molecule has 120 valence electrons. The van der Waals surface area contributed by atoms with Crippen LogP contribution in [0.5, 0.6) is 17.2 Å². The van der Waals surface area contributed by atoms with Gasteiger partial charge in [0.25, 0.3) is 0 Å². The summed E-state index contributed by atoms with van der Waals surface area (Å²) in [5, 5.41) is -0.656. The second-order valence-corrected chi connectivity index (χ2v) is 6.29. The fraction of sp³-hybridized carbons (Fsp3) is 0.538. The lowest BCUT2D eigenvalue weighted by Gasteiger charge is -2.18. The van der Waals surface area contributed by atoms with Gasteiger partial charge in [-0.25, -0.2) is 8.42 Å². The number of nitrogens with two attached hydrogens (primary N) is 1. The van der Waals surface area contributed by atoms with Gasteiger partial charge in [-0.05, 0) is 6.42 Å². The highest BCUT2D eigenvalue weighted by Crippen LogP contribution is 2.40. The van der Waals surface area contributed by atoms with E-state index in [4.69, 9.17) is 19.9 Å². The fourth-order valence-corrected chi connectivity index (χ4v) is 3.21. The third kappa shape index (κ3) is 3.92. The minimum absolute atomic E-state index is 0.0518. The lowest BCUT2D eigenvalue weighted by Crippen LogP contribution is -2.33. The first kappa shape index (κ1) is 17.4. The zero-order valence-corrected chi connectivity index (χ0v) is 13.5. The van der Waals surface area contributed by atoms with Crippen molar-refractivity contribution >= 4 is 15.7 Å². The summed E-state index contributed by atoms with van der Waals surface area (Å²) >= 11 is 0. The van der Waals surface area contributed by atoms with Crippen molar-refractivity contribution in [2.24, 2.45) is 5.73 Å². The average molecular weight is 318 g/mol. The molecule has 0 amide bonds. The highest BCUT2D eigenvalue weighted by molar-refractivity contribution is 7.93. The molecule has 1 aromatic carbocycles. The maximum absolute atomic E-state index is 12.2. The Labute approximate surface area is 125 Å². The maximum atomic E-state index is 12.2. The lowest BCUT2D eigenvalue weighted by atomic mass is 10.2. The van der Waals surface area contributed by atoms with Gasteiger partial charge in [0.05, 0.1) is 32.3 Å². The zero-order chi connectivity index (χ0) is 16.0. The summed E-state index contributed by atoms with van der Waals surface area (Å²) in [4.78, 5) is 0. The molecule has 1 aromatic rings. The minimum atomic E-state index is -3.57. The third-order valence-electron chi connectivity index (χ3n) is 3.08. The van der Waals surface area contributed by atoms with E-state index in [0.717, 1.165) is 0 Å². The highest BCUT2D eigenvalue weighted by atomic mass is 32.2.